The summed E-state index contributed by atoms with van der Waals surface area (Å²) in [6.45, 7) is 1.77. The Hall–Kier alpha value is -0.980. The van der Waals surface area contributed by atoms with Crippen LogP contribution in [0.3, 0.4) is 0 Å². The third-order valence-corrected chi connectivity index (χ3v) is 4.40. The molecule has 6 heteroatoms. The molecule has 0 amide bonds. The zero-order valence-corrected chi connectivity index (χ0v) is 11.8. The minimum atomic E-state index is -1.55. The van der Waals surface area contributed by atoms with Crippen molar-refractivity contribution in [2.45, 2.75) is 57.3 Å². The zero-order chi connectivity index (χ0) is 14.8. The van der Waals surface area contributed by atoms with Crippen molar-refractivity contribution < 1.29 is 29.3 Å². The van der Waals surface area contributed by atoms with E-state index in [1.807, 2.05) is 0 Å². The summed E-state index contributed by atoms with van der Waals surface area (Å²) in [5, 5.41) is 19.9. The SMILES string of the molecule is CCOC(=O)CCC12C[C@@H](CO)OC1(O)CCCC2=O. The molecule has 0 aromatic heterocycles. The summed E-state index contributed by atoms with van der Waals surface area (Å²) in [6, 6.07) is 0. The Bertz CT molecular complexity index is 395. The molecule has 0 aromatic carbocycles. The molecule has 114 valence electrons. The molecule has 2 N–H and O–H groups in total. The van der Waals surface area contributed by atoms with Crippen molar-refractivity contribution in [3.8, 4) is 0 Å². The first-order valence-electron chi connectivity index (χ1n) is 7.17. The highest BCUT2D eigenvalue weighted by Gasteiger charge is 2.63. The molecule has 20 heavy (non-hydrogen) atoms. The zero-order valence-electron chi connectivity index (χ0n) is 11.8. The molecular weight excluding hydrogens is 264 g/mol. The minimum Gasteiger partial charge on any atom is -0.466 e. The van der Waals surface area contributed by atoms with Gasteiger partial charge in [0.25, 0.3) is 0 Å². The van der Waals surface area contributed by atoms with Crippen molar-refractivity contribution in [1.82, 2.24) is 0 Å². The number of fused-ring (bicyclic) bond motifs is 1. The fourth-order valence-electron chi connectivity index (χ4n) is 3.42. The molecule has 1 aliphatic carbocycles. The number of hydrogen-bond donors (Lipinski definition) is 2. The molecule has 1 aliphatic heterocycles. The van der Waals surface area contributed by atoms with Gasteiger partial charge in [-0.2, -0.15) is 0 Å². The second-order valence-corrected chi connectivity index (χ2v) is 5.57. The number of aliphatic hydroxyl groups excluding tert-OH is 1. The van der Waals surface area contributed by atoms with Gasteiger partial charge in [-0.25, -0.2) is 0 Å². The van der Waals surface area contributed by atoms with Crippen LogP contribution >= 0.6 is 0 Å². The van der Waals surface area contributed by atoms with Gasteiger partial charge in [-0.3, -0.25) is 9.59 Å². The molecule has 0 spiro atoms. The van der Waals surface area contributed by atoms with Gasteiger partial charge < -0.3 is 19.7 Å². The number of Topliss-reactive ketones (excluding diaryl/α,β-unsaturated/α-hetero) is 1. The Labute approximate surface area is 118 Å². The predicted molar refractivity (Wildman–Crippen MR) is 68.7 cm³/mol. The fourth-order valence-corrected chi connectivity index (χ4v) is 3.42. The third kappa shape index (κ3) is 2.47. The van der Waals surface area contributed by atoms with E-state index in [1.54, 1.807) is 6.92 Å². The van der Waals surface area contributed by atoms with Gasteiger partial charge in [0, 0.05) is 19.3 Å². The molecule has 3 atom stereocenters. The molecule has 2 fully saturated rings. The molecule has 1 heterocycles. The number of aliphatic hydroxyl groups is 2. The summed E-state index contributed by atoms with van der Waals surface area (Å²) >= 11 is 0. The summed E-state index contributed by atoms with van der Waals surface area (Å²) in [7, 11) is 0. The number of ether oxygens (including phenoxy) is 2. The number of ketones is 1. The van der Waals surface area contributed by atoms with Crippen molar-refractivity contribution in [1.29, 1.82) is 0 Å². The Morgan fingerprint density at radius 1 is 1.55 bits per heavy atom. The quantitative estimate of drug-likeness (QED) is 0.716. The van der Waals surface area contributed by atoms with E-state index in [2.05, 4.69) is 0 Å². The molecule has 1 saturated carbocycles. The standard InChI is InChI=1S/C14H22O6/c1-2-19-12(17)5-7-13-8-10(9-15)20-14(13,18)6-3-4-11(13)16/h10,15,18H,2-9H2,1H3/t10-,13?,14?/m0/s1. The lowest BCUT2D eigenvalue weighted by Crippen LogP contribution is -2.53. The highest BCUT2D eigenvalue weighted by molar-refractivity contribution is 5.87. The molecule has 2 unspecified atom stereocenters. The Balaban J connectivity index is 2.17. The number of carbonyl (C=O) groups is 2. The fraction of sp³-hybridized carbons (Fsp3) is 0.857. The van der Waals surface area contributed by atoms with Gasteiger partial charge in [0.2, 0.25) is 0 Å². The van der Waals surface area contributed by atoms with Crippen molar-refractivity contribution in [3.05, 3.63) is 0 Å². The molecule has 2 aliphatic rings. The summed E-state index contributed by atoms with van der Waals surface area (Å²) in [4.78, 5) is 23.9. The van der Waals surface area contributed by atoms with E-state index in [4.69, 9.17) is 9.47 Å². The summed E-state index contributed by atoms with van der Waals surface area (Å²) in [5.74, 6) is -2.01. The van der Waals surface area contributed by atoms with E-state index < -0.39 is 17.3 Å². The van der Waals surface area contributed by atoms with Crippen molar-refractivity contribution in [2.24, 2.45) is 5.41 Å². The summed E-state index contributed by atoms with van der Waals surface area (Å²) < 4.78 is 10.4. The first-order chi connectivity index (χ1) is 9.47. The monoisotopic (exact) mass is 286 g/mol. The number of rotatable bonds is 5. The first-order valence-corrected chi connectivity index (χ1v) is 7.17. The largest absolute Gasteiger partial charge is 0.466 e. The van der Waals surface area contributed by atoms with Gasteiger partial charge in [0.15, 0.2) is 5.79 Å². The second-order valence-electron chi connectivity index (χ2n) is 5.57. The van der Waals surface area contributed by atoms with Crippen LogP contribution in [0.4, 0.5) is 0 Å². The van der Waals surface area contributed by atoms with Crippen molar-refractivity contribution in [2.75, 3.05) is 13.2 Å². The highest BCUT2D eigenvalue weighted by atomic mass is 16.6. The lowest BCUT2D eigenvalue weighted by atomic mass is 9.65. The number of hydrogen-bond acceptors (Lipinski definition) is 6. The van der Waals surface area contributed by atoms with E-state index in [1.165, 1.54) is 0 Å². The van der Waals surface area contributed by atoms with E-state index in [0.29, 0.717) is 25.9 Å². The van der Waals surface area contributed by atoms with E-state index in [9.17, 15) is 19.8 Å². The van der Waals surface area contributed by atoms with Gasteiger partial charge in [-0.1, -0.05) is 0 Å². The average molecular weight is 286 g/mol. The number of carbonyl (C=O) groups excluding carboxylic acids is 2. The van der Waals surface area contributed by atoms with Crippen LogP contribution in [0.25, 0.3) is 0 Å². The molecule has 1 saturated heterocycles. The van der Waals surface area contributed by atoms with Crippen LogP contribution in [0.15, 0.2) is 0 Å². The average Bonchev–Trinajstić information content (AvgIpc) is 2.71. The Morgan fingerprint density at radius 3 is 2.95 bits per heavy atom. The number of esters is 1. The van der Waals surface area contributed by atoms with Crippen LogP contribution in [-0.4, -0.2) is 47.1 Å². The maximum atomic E-state index is 12.4. The van der Waals surface area contributed by atoms with E-state index >= 15 is 0 Å². The topological polar surface area (TPSA) is 93.1 Å². The molecule has 0 radical (unpaired) electrons. The molecule has 0 bridgehead atoms. The third-order valence-electron chi connectivity index (χ3n) is 4.40. The van der Waals surface area contributed by atoms with Crippen molar-refractivity contribution >= 4 is 11.8 Å². The lowest BCUT2D eigenvalue weighted by Gasteiger charge is -2.42. The summed E-state index contributed by atoms with van der Waals surface area (Å²) in [6.07, 6.45) is 1.29. The normalized spacial score (nSPS) is 36.8. The van der Waals surface area contributed by atoms with Crippen LogP contribution in [0.5, 0.6) is 0 Å². The molecule has 6 nitrogen and oxygen atoms in total. The van der Waals surface area contributed by atoms with Crippen LogP contribution in [0, 0.1) is 5.41 Å². The van der Waals surface area contributed by atoms with Gasteiger partial charge in [-0.05, 0) is 26.2 Å². The maximum absolute atomic E-state index is 12.4. The van der Waals surface area contributed by atoms with E-state index in [-0.39, 0.29) is 37.6 Å². The van der Waals surface area contributed by atoms with Gasteiger partial charge in [0.05, 0.1) is 24.7 Å². The van der Waals surface area contributed by atoms with Crippen molar-refractivity contribution in [3.63, 3.8) is 0 Å². The smallest absolute Gasteiger partial charge is 0.305 e. The maximum Gasteiger partial charge on any atom is 0.305 e. The van der Waals surface area contributed by atoms with E-state index in [0.717, 1.165) is 0 Å². The van der Waals surface area contributed by atoms with Crippen LogP contribution < -0.4 is 0 Å². The highest BCUT2D eigenvalue weighted by Crippen LogP contribution is 2.54. The molecule has 0 aromatic rings. The van der Waals surface area contributed by atoms with Gasteiger partial charge in [-0.15, -0.1) is 0 Å². The Kier molecular flexibility index (Phi) is 4.46. The van der Waals surface area contributed by atoms with Crippen LogP contribution in [0.2, 0.25) is 0 Å². The summed E-state index contributed by atoms with van der Waals surface area (Å²) in [5.41, 5.74) is -1.08. The van der Waals surface area contributed by atoms with Crippen LogP contribution in [-0.2, 0) is 19.1 Å². The van der Waals surface area contributed by atoms with Crippen LogP contribution in [0.1, 0.15) is 45.4 Å². The Morgan fingerprint density at radius 2 is 2.30 bits per heavy atom. The molecule has 2 rings (SSSR count). The molecular formula is C14H22O6. The minimum absolute atomic E-state index is 0.0728. The lowest BCUT2D eigenvalue weighted by molar-refractivity contribution is -0.250. The van der Waals surface area contributed by atoms with Gasteiger partial charge >= 0.3 is 5.97 Å². The van der Waals surface area contributed by atoms with Gasteiger partial charge in [0.1, 0.15) is 5.78 Å². The first kappa shape index (κ1) is 15.4. The second kappa shape index (κ2) is 5.79. The predicted octanol–water partition coefficient (Wildman–Crippen LogP) is 0.539.